The van der Waals surface area contributed by atoms with E-state index in [0.29, 0.717) is 18.7 Å². The molecule has 1 amide bonds. The number of nitrogens with zero attached hydrogens (tertiary/aromatic N) is 1. The van der Waals surface area contributed by atoms with Crippen molar-refractivity contribution < 1.29 is 22.0 Å². The Morgan fingerprint density at radius 2 is 1.62 bits per heavy atom. The number of amides is 1. The fourth-order valence-electron chi connectivity index (χ4n) is 3.13. The molecule has 1 aliphatic heterocycles. The predicted octanol–water partition coefficient (Wildman–Crippen LogP) is 4.18. The minimum atomic E-state index is -3.53. The molecule has 8 heteroatoms. The third-order valence-electron chi connectivity index (χ3n) is 4.72. The summed E-state index contributed by atoms with van der Waals surface area (Å²) in [6.45, 7) is 1.06. The van der Waals surface area contributed by atoms with Crippen LogP contribution < -0.4 is 5.32 Å². The monoisotopic (exact) mass is 420 g/mol. The molecule has 0 radical (unpaired) electrons. The lowest BCUT2D eigenvalue weighted by Crippen LogP contribution is -2.31. The highest BCUT2D eigenvalue weighted by Gasteiger charge is 2.24. The van der Waals surface area contributed by atoms with Crippen LogP contribution in [0.2, 0.25) is 0 Å². The van der Waals surface area contributed by atoms with E-state index in [9.17, 15) is 22.0 Å². The van der Waals surface area contributed by atoms with Crippen LogP contribution in [0.3, 0.4) is 0 Å². The maximum Gasteiger partial charge on any atom is 0.248 e. The highest BCUT2D eigenvalue weighted by molar-refractivity contribution is 7.89. The van der Waals surface area contributed by atoms with Crippen molar-refractivity contribution in [1.29, 1.82) is 0 Å². The minimum absolute atomic E-state index is 0.211. The van der Waals surface area contributed by atoms with Crippen LogP contribution in [0.5, 0.6) is 0 Å². The van der Waals surface area contributed by atoms with E-state index in [1.807, 2.05) is 0 Å². The predicted molar refractivity (Wildman–Crippen MR) is 108 cm³/mol. The van der Waals surface area contributed by atoms with E-state index in [1.165, 1.54) is 40.7 Å². The SMILES string of the molecule is O=C(/C=C/c1ccc(S(=O)(=O)N2CCCCCC2)cc1)Nc1cccc(F)c1F. The van der Waals surface area contributed by atoms with Crippen molar-refractivity contribution >= 4 is 27.7 Å². The number of sulfonamides is 1. The molecule has 3 rings (SSSR count). The van der Waals surface area contributed by atoms with Gasteiger partial charge in [-0.1, -0.05) is 31.0 Å². The highest BCUT2D eigenvalue weighted by Crippen LogP contribution is 2.21. The quantitative estimate of drug-likeness (QED) is 0.738. The van der Waals surface area contributed by atoms with Gasteiger partial charge in [-0.3, -0.25) is 4.79 Å². The largest absolute Gasteiger partial charge is 0.320 e. The highest BCUT2D eigenvalue weighted by atomic mass is 32.2. The van der Waals surface area contributed by atoms with E-state index in [2.05, 4.69) is 5.32 Å². The molecule has 1 saturated heterocycles. The summed E-state index contributed by atoms with van der Waals surface area (Å²) in [6.07, 6.45) is 6.44. The van der Waals surface area contributed by atoms with Crippen molar-refractivity contribution in [2.75, 3.05) is 18.4 Å². The number of rotatable bonds is 5. The first-order valence-corrected chi connectivity index (χ1v) is 10.9. The number of anilines is 1. The van der Waals surface area contributed by atoms with Crippen molar-refractivity contribution in [1.82, 2.24) is 4.31 Å². The minimum Gasteiger partial charge on any atom is -0.320 e. The van der Waals surface area contributed by atoms with Crippen molar-refractivity contribution in [3.63, 3.8) is 0 Å². The van der Waals surface area contributed by atoms with Gasteiger partial charge in [-0.2, -0.15) is 4.31 Å². The topological polar surface area (TPSA) is 66.5 Å². The van der Waals surface area contributed by atoms with Crippen molar-refractivity contribution in [3.8, 4) is 0 Å². The summed E-state index contributed by atoms with van der Waals surface area (Å²) in [5, 5.41) is 2.26. The zero-order valence-electron chi connectivity index (χ0n) is 15.8. The molecular formula is C21H22F2N2O3S. The van der Waals surface area contributed by atoms with Gasteiger partial charge < -0.3 is 5.32 Å². The molecule has 154 valence electrons. The molecule has 5 nitrogen and oxygen atoms in total. The van der Waals surface area contributed by atoms with Crippen molar-refractivity contribution in [2.24, 2.45) is 0 Å². The Morgan fingerprint density at radius 1 is 0.966 bits per heavy atom. The normalized spacial score (nSPS) is 15.9. The molecule has 29 heavy (non-hydrogen) atoms. The van der Waals surface area contributed by atoms with Crippen molar-refractivity contribution in [3.05, 3.63) is 65.7 Å². The summed E-state index contributed by atoms with van der Waals surface area (Å²) in [5.41, 5.74) is 0.355. The van der Waals surface area contributed by atoms with Crippen LogP contribution in [0.25, 0.3) is 6.08 Å². The Hall–Kier alpha value is -2.58. The third-order valence-corrected chi connectivity index (χ3v) is 6.63. The summed E-state index contributed by atoms with van der Waals surface area (Å²) >= 11 is 0. The maximum atomic E-state index is 13.6. The molecule has 0 saturated carbocycles. The second kappa shape index (κ2) is 9.28. The second-order valence-electron chi connectivity index (χ2n) is 6.81. The summed E-state index contributed by atoms with van der Waals surface area (Å²) in [5.74, 6) is -2.80. The lowest BCUT2D eigenvalue weighted by atomic mass is 10.2. The number of nitrogens with one attached hydrogen (secondary N) is 1. The zero-order valence-corrected chi connectivity index (χ0v) is 16.6. The Kier molecular flexibility index (Phi) is 6.76. The van der Waals surface area contributed by atoms with Crippen LogP contribution in [0.15, 0.2) is 53.4 Å². The molecule has 0 atom stereocenters. The summed E-state index contributed by atoms with van der Waals surface area (Å²) < 4.78 is 53.8. The molecule has 0 bridgehead atoms. The van der Waals surface area contributed by atoms with Gasteiger partial charge in [0.1, 0.15) is 0 Å². The van der Waals surface area contributed by atoms with Gasteiger partial charge in [-0.15, -0.1) is 0 Å². The van der Waals surface area contributed by atoms with Crippen LogP contribution in [-0.2, 0) is 14.8 Å². The Bertz CT molecular complexity index is 997. The standard InChI is InChI=1S/C21H22F2N2O3S/c22-18-6-5-7-19(21(18)23)24-20(26)13-10-16-8-11-17(12-9-16)29(27,28)25-14-3-1-2-4-15-25/h5-13H,1-4,14-15H2,(H,24,26)/b13-10+. The van der Waals surface area contributed by atoms with Crippen LogP contribution >= 0.6 is 0 Å². The van der Waals surface area contributed by atoms with Crippen LogP contribution in [-0.4, -0.2) is 31.7 Å². The van der Waals surface area contributed by atoms with E-state index >= 15 is 0 Å². The summed E-state index contributed by atoms with van der Waals surface area (Å²) in [6, 6.07) is 9.71. The first-order chi connectivity index (χ1) is 13.9. The third kappa shape index (κ3) is 5.27. The fraction of sp³-hybridized carbons (Fsp3) is 0.286. The van der Waals surface area contributed by atoms with Crippen LogP contribution in [0, 0.1) is 11.6 Å². The van der Waals surface area contributed by atoms with Gasteiger partial charge in [0.2, 0.25) is 15.9 Å². The van der Waals surface area contributed by atoms with E-state index in [1.54, 1.807) is 12.1 Å². The number of benzene rings is 2. The van der Waals surface area contributed by atoms with E-state index < -0.39 is 27.6 Å². The Morgan fingerprint density at radius 3 is 2.28 bits per heavy atom. The maximum absolute atomic E-state index is 13.6. The fourth-order valence-corrected chi connectivity index (χ4v) is 4.65. The lowest BCUT2D eigenvalue weighted by Gasteiger charge is -2.19. The molecular weight excluding hydrogens is 398 g/mol. The number of hydrogen-bond donors (Lipinski definition) is 1. The second-order valence-corrected chi connectivity index (χ2v) is 8.75. The van der Waals surface area contributed by atoms with E-state index in [4.69, 9.17) is 0 Å². The molecule has 0 spiro atoms. The van der Waals surface area contributed by atoms with Gasteiger partial charge in [0.15, 0.2) is 11.6 Å². The average Bonchev–Trinajstić information content (AvgIpc) is 3.00. The van der Waals surface area contributed by atoms with Gasteiger partial charge in [-0.05, 0) is 48.7 Å². The van der Waals surface area contributed by atoms with Gasteiger partial charge in [0.05, 0.1) is 10.6 Å². The molecule has 1 heterocycles. The molecule has 2 aromatic rings. The molecule has 1 aliphatic rings. The summed E-state index contributed by atoms with van der Waals surface area (Å²) in [7, 11) is -3.53. The molecule has 1 fully saturated rings. The van der Waals surface area contributed by atoms with Crippen LogP contribution in [0.4, 0.5) is 14.5 Å². The van der Waals surface area contributed by atoms with Gasteiger partial charge in [0, 0.05) is 19.2 Å². The number of halogens is 2. The average molecular weight is 420 g/mol. The van der Waals surface area contributed by atoms with Gasteiger partial charge in [-0.25, -0.2) is 17.2 Å². The van der Waals surface area contributed by atoms with E-state index in [-0.39, 0.29) is 10.6 Å². The lowest BCUT2D eigenvalue weighted by molar-refractivity contribution is -0.111. The smallest absolute Gasteiger partial charge is 0.248 e. The summed E-state index contributed by atoms with van der Waals surface area (Å²) in [4.78, 5) is 12.1. The molecule has 1 N–H and O–H groups in total. The van der Waals surface area contributed by atoms with Gasteiger partial charge >= 0.3 is 0 Å². The number of carbonyl (C=O) groups is 1. The van der Waals surface area contributed by atoms with Crippen molar-refractivity contribution in [2.45, 2.75) is 30.6 Å². The Balaban J connectivity index is 1.66. The Labute approximate surface area is 169 Å². The van der Waals surface area contributed by atoms with Crippen LogP contribution in [0.1, 0.15) is 31.2 Å². The first kappa shape index (κ1) is 21.1. The molecule has 0 aromatic heterocycles. The molecule has 0 aliphatic carbocycles. The van der Waals surface area contributed by atoms with Gasteiger partial charge in [0.25, 0.3) is 0 Å². The number of hydrogen-bond acceptors (Lipinski definition) is 3. The zero-order chi connectivity index (χ0) is 20.9. The van der Waals surface area contributed by atoms with E-state index in [0.717, 1.165) is 31.7 Å². The number of carbonyl (C=O) groups excluding carboxylic acids is 1. The molecule has 0 unspecified atom stereocenters. The molecule has 2 aromatic carbocycles. The first-order valence-electron chi connectivity index (χ1n) is 9.41.